The van der Waals surface area contributed by atoms with Crippen LogP contribution in [0.15, 0.2) is 101 Å². The minimum absolute atomic E-state index is 0.0249. The summed E-state index contributed by atoms with van der Waals surface area (Å²) < 4.78 is 5.45. The Kier molecular flexibility index (Phi) is 4.41. The molecule has 1 aromatic heterocycles. The first-order chi connectivity index (χ1) is 14.3. The van der Waals surface area contributed by atoms with Crippen LogP contribution in [0.5, 0.6) is 0 Å². The van der Waals surface area contributed by atoms with E-state index < -0.39 is 0 Å². The van der Waals surface area contributed by atoms with Crippen LogP contribution in [0.25, 0.3) is 5.70 Å². The van der Waals surface area contributed by atoms with Gasteiger partial charge in [0.05, 0.1) is 17.7 Å². The van der Waals surface area contributed by atoms with Crippen molar-refractivity contribution in [2.45, 2.75) is 18.9 Å². The van der Waals surface area contributed by atoms with Gasteiger partial charge in [-0.1, -0.05) is 60.7 Å². The van der Waals surface area contributed by atoms with Crippen molar-refractivity contribution in [1.29, 1.82) is 0 Å². The van der Waals surface area contributed by atoms with Crippen LogP contribution in [0.4, 0.5) is 0 Å². The van der Waals surface area contributed by atoms with Gasteiger partial charge in [0.25, 0.3) is 5.91 Å². The van der Waals surface area contributed by atoms with Crippen molar-refractivity contribution >= 4 is 11.6 Å². The Bertz CT molecular complexity index is 1070. The average molecular weight is 383 g/mol. The van der Waals surface area contributed by atoms with E-state index >= 15 is 0 Å². The second-order valence-electron chi connectivity index (χ2n) is 7.21. The molecule has 5 rings (SSSR count). The molecule has 1 fully saturated rings. The molecule has 0 aliphatic carbocycles. The molecule has 144 valence electrons. The summed E-state index contributed by atoms with van der Waals surface area (Å²) in [6.07, 6.45) is 4.73. The molecule has 5 heteroatoms. The molecule has 2 aliphatic rings. The molecule has 3 heterocycles. The highest BCUT2D eigenvalue weighted by Crippen LogP contribution is 2.29. The Morgan fingerprint density at radius 1 is 0.931 bits per heavy atom. The zero-order chi connectivity index (χ0) is 19.6. The van der Waals surface area contributed by atoms with Crippen LogP contribution in [0.3, 0.4) is 0 Å². The van der Waals surface area contributed by atoms with E-state index in [4.69, 9.17) is 4.42 Å². The fourth-order valence-corrected chi connectivity index (χ4v) is 3.78. The predicted molar refractivity (Wildman–Crippen MR) is 111 cm³/mol. The van der Waals surface area contributed by atoms with Crippen molar-refractivity contribution in [3.63, 3.8) is 0 Å². The molecule has 2 aromatic carbocycles. The molecule has 1 saturated heterocycles. The number of hydrogen-bond donors (Lipinski definition) is 2. The third kappa shape index (κ3) is 3.43. The molecular weight excluding hydrogens is 362 g/mol. The van der Waals surface area contributed by atoms with Crippen LogP contribution in [0, 0.1) is 0 Å². The largest absolute Gasteiger partial charge is 0.469 e. The summed E-state index contributed by atoms with van der Waals surface area (Å²) in [5.74, 6) is 1.63. The lowest BCUT2D eigenvalue weighted by atomic mass is 10.1. The number of nitrogens with one attached hydrogen (secondary N) is 2. The molecule has 2 N–H and O–H groups in total. The van der Waals surface area contributed by atoms with Crippen molar-refractivity contribution < 1.29 is 9.21 Å². The fourth-order valence-electron chi connectivity index (χ4n) is 3.78. The van der Waals surface area contributed by atoms with Gasteiger partial charge in [-0.2, -0.15) is 0 Å². The number of hydrogen-bond acceptors (Lipinski definition) is 4. The van der Waals surface area contributed by atoms with Gasteiger partial charge < -0.3 is 15.1 Å². The van der Waals surface area contributed by atoms with E-state index in [1.54, 1.807) is 11.2 Å². The van der Waals surface area contributed by atoms with Gasteiger partial charge in [-0.15, -0.1) is 0 Å². The first kappa shape index (κ1) is 17.4. The maximum Gasteiger partial charge on any atom is 0.255 e. The molecule has 0 bridgehead atoms. The Morgan fingerprint density at radius 2 is 1.69 bits per heavy atom. The Labute approximate surface area is 169 Å². The van der Waals surface area contributed by atoms with Crippen molar-refractivity contribution in [3.05, 3.63) is 114 Å². The third-order valence-electron chi connectivity index (χ3n) is 5.21. The lowest BCUT2D eigenvalue weighted by Crippen LogP contribution is -2.31. The number of allylic oxidation sites excluding steroid dienone is 1. The molecule has 1 atom stereocenters. The van der Waals surface area contributed by atoms with Gasteiger partial charge in [-0.3, -0.25) is 9.69 Å². The van der Waals surface area contributed by atoms with Gasteiger partial charge in [-0.05, 0) is 23.3 Å². The molecule has 5 nitrogen and oxygen atoms in total. The maximum absolute atomic E-state index is 13.2. The van der Waals surface area contributed by atoms with Gasteiger partial charge >= 0.3 is 0 Å². The summed E-state index contributed by atoms with van der Waals surface area (Å²) in [6.45, 7) is 0. The smallest absolute Gasteiger partial charge is 0.255 e. The first-order valence-electron chi connectivity index (χ1n) is 9.71. The summed E-state index contributed by atoms with van der Waals surface area (Å²) in [6, 6.07) is 23.7. The normalized spacial score (nSPS) is 18.2. The Balaban J connectivity index is 1.50. The first-order valence-corrected chi connectivity index (χ1v) is 9.71. The highest BCUT2D eigenvalue weighted by Gasteiger charge is 2.38. The molecule has 0 saturated carbocycles. The SMILES string of the molecule is O=C1C(Cc2ccco2)NC2=C(Cc3ccccc3)NC(c3ccccc3)=CN12. The highest BCUT2D eigenvalue weighted by molar-refractivity contribution is 5.90. The van der Waals surface area contributed by atoms with E-state index in [0.717, 1.165) is 28.5 Å². The van der Waals surface area contributed by atoms with E-state index in [2.05, 4.69) is 22.8 Å². The van der Waals surface area contributed by atoms with E-state index in [1.165, 1.54) is 5.56 Å². The zero-order valence-electron chi connectivity index (χ0n) is 15.8. The Hall–Kier alpha value is -3.73. The van der Waals surface area contributed by atoms with Gasteiger partial charge in [0.15, 0.2) is 0 Å². The molecular formula is C24H21N3O2. The van der Waals surface area contributed by atoms with Crippen LogP contribution >= 0.6 is 0 Å². The van der Waals surface area contributed by atoms with Crippen LogP contribution < -0.4 is 10.6 Å². The topological polar surface area (TPSA) is 57.5 Å². The van der Waals surface area contributed by atoms with E-state index in [1.807, 2.05) is 66.9 Å². The number of furan rings is 1. The second kappa shape index (κ2) is 7.36. The lowest BCUT2D eigenvalue weighted by Gasteiger charge is -2.26. The number of fused-ring (bicyclic) bond motifs is 1. The minimum Gasteiger partial charge on any atom is -0.469 e. The summed E-state index contributed by atoms with van der Waals surface area (Å²) in [5, 5.41) is 6.96. The average Bonchev–Trinajstić information content (AvgIpc) is 3.38. The van der Waals surface area contributed by atoms with Crippen LogP contribution in [-0.4, -0.2) is 16.8 Å². The number of rotatable bonds is 5. The van der Waals surface area contributed by atoms with Crippen molar-refractivity contribution in [2.24, 2.45) is 0 Å². The standard InChI is InChI=1S/C24H21N3O2/c28-24-21(15-19-12-7-13-29-19)26-23-20(14-17-8-3-1-4-9-17)25-22(16-27(23)24)18-10-5-2-6-11-18/h1-13,16,21,25-26H,14-15H2. The number of carbonyl (C=O) groups excluding carboxylic acids is 1. The summed E-state index contributed by atoms with van der Waals surface area (Å²) >= 11 is 0. The molecule has 2 aliphatic heterocycles. The predicted octanol–water partition coefficient (Wildman–Crippen LogP) is 3.64. The number of carbonyl (C=O) groups is 1. The van der Waals surface area contributed by atoms with Crippen molar-refractivity contribution in [3.8, 4) is 0 Å². The van der Waals surface area contributed by atoms with Gasteiger partial charge in [-0.25, -0.2) is 0 Å². The van der Waals surface area contributed by atoms with E-state index in [-0.39, 0.29) is 11.9 Å². The second-order valence-corrected chi connectivity index (χ2v) is 7.21. The van der Waals surface area contributed by atoms with Crippen molar-refractivity contribution in [2.75, 3.05) is 0 Å². The van der Waals surface area contributed by atoms with Crippen LogP contribution in [0.1, 0.15) is 16.9 Å². The van der Waals surface area contributed by atoms with Crippen LogP contribution in [-0.2, 0) is 17.6 Å². The van der Waals surface area contributed by atoms with Crippen molar-refractivity contribution in [1.82, 2.24) is 15.5 Å². The molecule has 1 unspecified atom stereocenters. The summed E-state index contributed by atoms with van der Waals surface area (Å²) in [5.41, 5.74) is 4.11. The number of nitrogens with zero attached hydrogens (tertiary/aromatic N) is 1. The van der Waals surface area contributed by atoms with Crippen LogP contribution in [0.2, 0.25) is 0 Å². The third-order valence-corrected chi connectivity index (χ3v) is 5.21. The minimum atomic E-state index is -0.352. The fraction of sp³-hybridized carbons (Fsp3) is 0.125. The maximum atomic E-state index is 13.2. The summed E-state index contributed by atoms with van der Waals surface area (Å²) in [7, 11) is 0. The quantitative estimate of drug-likeness (QED) is 0.706. The molecule has 3 aromatic rings. The van der Waals surface area contributed by atoms with Gasteiger partial charge in [0.2, 0.25) is 0 Å². The monoisotopic (exact) mass is 383 g/mol. The molecule has 29 heavy (non-hydrogen) atoms. The molecule has 0 radical (unpaired) electrons. The number of amides is 1. The molecule has 0 spiro atoms. The highest BCUT2D eigenvalue weighted by atomic mass is 16.3. The van der Waals surface area contributed by atoms with E-state index in [0.29, 0.717) is 12.8 Å². The zero-order valence-corrected chi connectivity index (χ0v) is 15.8. The summed E-state index contributed by atoms with van der Waals surface area (Å²) in [4.78, 5) is 14.9. The van der Waals surface area contributed by atoms with Gasteiger partial charge in [0, 0.05) is 19.0 Å². The van der Waals surface area contributed by atoms with Gasteiger partial charge in [0.1, 0.15) is 17.6 Å². The molecule has 1 amide bonds. The van der Waals surface area contributed by atoms with E-state index in [9.17, 15) is 4.79 Å². The lowest BCUT2D eigenvalue weighted by molar-refractivity contribution is -0.126. The number of benzene rings is 2. The Morgan fingerprint density at radius 3 is 2.41 bits per heavy atom.